The first-order chi connectivity index (χ1) is 9.76. The van der Waals surface area contributed by atoms with E-state index >= 15 is 0 Å². The summed E-state index contributed by atoms with van der Waals surface area (Å²) in [5.74, 6) is 0.0251. The van der Waals surface area contributed by atoms with Gasteiger partial charge in [-0.25, -0.2) is 0 Å². The smallest absolute Gasteiger partial charge is 0.224 e. The van der Waals surface area contributed by atoms with Gasteiger partial charge in [0.2, 0.25) is 5.91 Å². The predicted molar refractivity (Wildman–Crippen MR) is 82.5 cm³/mol. The van der Waals surface area contributed by atoms with Crippen LogP contribution in [0, 0.1) is 5.92 Å². The molecule has 1 atom stereocenters. The molecule has 108 valence electrons. The lowest BCUT2D eigenvalue weighted by Gasteiger charge is -2.13. The standard InChI is InChI=1S/C16H23N3O/c1-2-5-12(10-17)16(20)18-9-8-13-11-19-15-7-4-3-6-14(13)15/h3-4,6-7,11-12,19H,2,5,8-10,17H2,1H3,(H,18,20). The van der Waals surface area contributed by atoms with Gasteiger partial charge < -0.3 is 16.0 Å². The quantitative estimate of drug-likeness (QED) is 0.723. The van der Waals surface area contributed by atoms with Gasteiger partial charge in [-0.15, -0.1) is 0 Å². The van der Waals surface area contributed by atoms with Crippen LogP contribution in [0.4, 0.5) is 0 Å². The number of H-pyrrole nitrogens is 1. The lowest BCUT2D eigenvalue weighted by Crippen LogP contribution is -2.36. The summed E-state index contributed by atoms with van der Waals surface area (Å²) in [5.41, 5.74) is 8.01. The van der Waals surface area contributed by atoms with Crippen molar-refractivity contribution in [2.45, 2.75) is 26.2 Å². The summed E-state index contributed by atoms with van der Waals surface area (Å²) >= 11 is 0. The Morgan fingerprint density at radius 3 is 2.95 bits per heavy atom. The highest BCUT2D eigenvalue weighted by atomic mass is 16.1. The number of aromatic amines is 1. The summed E-state index contributed by atoms with van der Waals surface area (Å²) in [6, 6.07) is 8.21. The van der Waals surface area contributed by atoms with Crippen molar-refractivity contribution in [3.05, 3.63) is 36.0 Å². The molecule has 0 radical (unpaired) electrons. The van der Waals surface area contributed by atoms with Gasteiger partial charge in [-0.3, -0.25) is 4.79 Å². The molecule has 0 bridgehead atoms. The molecule has 0 spiro atoms. The van der Waals surface area contributed by atoms with Crippen LogP contribution in [-0.2, 0) is 11.2 Å². The van der Waals surface area contributed by atoms with Crippen LogP contribution in [0.2, 0.25) is 0 Å². The maximum atomic E-state index is 12.0. The van der Waals surface area contributed by atoms with Crippen molar-refractivity contribution in [3.8, 4) is 0 Å². The second kappa shape index (κ2) is 7.10. The van der Waals surface area contributed by atoms with E-state index in [-0.39, 0.29) is 11.8 Å². The van der Waals surface area contributed by atoms with Crippen LogP contribution < -0.4 is 11.1 Å². The normalized spacial score (nSPS) is 12.5. The molecule has 0 aliphatic heterocycles. The molecule has 0 saturated carbocycles. The second-order valence-corrected chi connectivity index (χ2v) is 5.12. The number of benzene rings is 1. The molecule has 2 rings (SSSR count). The zero-order chi connectivity index (χ0) is 14.4. The van der Waals surface area contributed by atoms with Crippen LogP contribution in [0.1, 0.15) is 25.3 Å². The van der Waals surface area contributed by atoms with Gasteiger partial charge in [0.15, 0.2) is 0 Å². The third-order valence-electron chi connectivity index (χ3n) is 3.66. The number of fused-ring (bicyclic) bond motifs is 1. The highest BCUT2D eigenvalue weighted by Crippen LogP contribution is 2.17. The molecule has 2 aromatic rings. The van der Waals surface area contributed by atoms with Crippen LogP contribution >= 0.6 is 0 Å². The van der Waals surface area contributed by atoms with Gasteiger partial charge in [0.05, 0.1) is 5.92 Å². The number of hydrogen-bond acceptors (Lipinski definition) is 2. The molecule has 0 aliphatic rings. The van der Waals surface area contributed by atoms with Crippen molar-refractivity contribution in [2.24, 2.45) is 11.7 Å². The van der Waals surface area contributed by atoms with E-state index in [1.54, 1.807) is 0 Å². The minimum atomic E-state index is -0.0528. The first-order valence-corrected chi connectivity index (χ1v) is 7.29. The van der Waals surface area contributed by atoms with Gasteiger partial charge in [-0.05, 0) is 24.5 Å². The van der Waals surface area contributed by atoms with Crippen molar-refractivity contribution in [2.75, 3.05) is 13.1 Å². The number of hydrogen-bond donors (Lipinski definition) is 3. The molecular formula is C16H23N3O. The van der Waals surface area contributed by atoms with Crippen molar-refractivity contribution in [3.63, 3.8) is 0 Å². The largest absolute Gasteiger partial charge is 0.361 e. The zero-order valence-electron chi connectivity index (χ0n) is 12.0. The molecular weight excluding hydrogens is 250 g/mol. The SMILES string of the molecule is CCCC(CN)C(=O)NCCc1c[nH]c2ccccc12. The number of carbonyl (C=O) groups is 1. The average Bonchev–Trinajstić information content (AvgIpc) is 2.88. The molecule has 0 saturated heterocycles. The Balaban J connectivity index is 1.88. The van der Waals surface area contributed by atoms with Crippen molar-refractivity contribution in [1.29, 1.82) is 0 Å². The van der Waals surface area contributed by atoms with Gasteiger partial charge in [0.1, 0.15) is 0 Å². The Labute approximate surface area is 119 Å². The Hall–Kier alpha value is -1.81. The van der Waals surface area contributed by atoms with Gasteiger partial charge in [-0.1, -0.05) is 31.5 Å². The number of carbonyl (C=O) groups excluding carboxylic acids is 1. The average molecular weight is 273 g/mol. The first-order valence-electron chi connectivity index (χ1n) is 7.29. The van der Waals surface area contributed by atoms with E-state index in [1.807, 2.05) is 18.3 Å². The number of aromatic nitrogens is 1. The molecule has 1 amide bonds. The van der Waals surface area contributed by atoms with Crippen molar-refractivity contribution >= 4 is 16.8 Å². The van der Waals surface area contributed by atoms with E-state index in [9.17, 15) is 4.79 Å². The molecule has 0 aliphatic carbocycles. The molecule has 1 heterocycles. The van der Waals surface area contributed by atoms with E-state index in [0.717, 1.165) is 24.8 Å². The summed E-state index contributed by atoms with van der Waals surface area (Å²) in [5, 5.41) is 4.22. The summed E-state index contributed by atoms with van der Waals surface area (Å²) in [6.45, 7) is 3.15. The summed E-state index contributed by atoms with van der Waals surface area (Å²) in [4.78, 5) is 15.2. The van der Waals surface area contributed by atoms with Gasteiger partial charge in [0, 0.05) is 30.2 Å². The van der Waals surface area contributed by atoms with Gasteiger partial charge in [-0.2, -0.15) is 0 Å². The molecule has 20 heavy (non-hydrogen) atoms. The maximum Gasteiger partial charge on any atom is 0.224 e. The lowest BCUT2D eigenvalue weighted by molar-refractivity contribution is -0.124. The third kappa shape index (κ3) is 3.39. The Kier molecular flexibility index (Phi) is 5.18. The monoisotopic (exact) mass is 273 g/mol. The highest BCUT2D eigenvalue weighted by molar-refractivity contribution is 5.83. The summed E-state index contributed by atoms with van der Waals surface area (Å²) in [6.07, 6.45) is 4.69. The first kappa shape index (κ1) is 14.6. The minimum absolute atomic E-state index is 0.0528. The molecule has 1 unspecified atom stereocenters. The second-order valence-electron chi connectivity index (χ2n) is 5.12. The van der Waals surface area contributed by atoms with Gasteiger partial charge in [0.25, 0.3) is 0 Å². The van der Waals surface area contributed by atoms with E-state index in [0.29, 0.717) is 13.1 Å². The fourth-order valence-electron chi connectivity index (χ4n) is 2.51. The van der Waals surface area contributed by atoms with Crippen LogP contribution in [0.15, 0.2) is 30.5 Å². The minimum Gasteiger partial charge on any atom is -0.361 e. The van der Waals surface area contributed by atoms with Crippen LogP contribution in [0.25, 0.3) is 10.9 Å². The number of nitrogens with two attached hydrogens (primary N) is 1. The fourth-order valence-corrected chi connectivity index (χ4v) is 2.51. The molecule has 4 N–H and O–H groups in total. The molecule has 4 nitrogen and oxygen atoms in total. The zero-order valence-corrected chi connectivity index (χ0v) is 12.0. The number of amides is 1. The lowest BCUT2D eigenvalue weighted by atomic mass is 10.0. The maximum absolute atomic E-state index is 12.0. The van der Waals surface area contributed by atoms with E-state index in [4.69, 9.17) is 5.73 Å². The van der Waals surface area contributed by atoms with E-state index in [2.05, 4.69) is 29.4 Å². The van der Waals surface area contributed by atoms with Crippen LogP contribution in [0.3, 0.4) is 0 Å². The topological polar surface area (TPSA) is 70.9 Å². The molecule has 1 aromatic heterocycles. The summed E-state index contributed by atoms with van der Waals surface area (Å²) in [7, 11) is 0. The third-order valence-corrected chi connectivity index (χ3v) is 3.66. The van der Waals surface area contributed by atoms with Gasteiger partial charge >= 0.3 is 0 Å². The van der Waals surface area contributed by atoms with Crippen molar-refractivity contribution < 1.29 is 4.79 Å². The van der Waals surface area contributed by atoms with Crippen LogP contribution in [-0.4, -0.2) is 24.0 Å². The van der Waals surface area contributed by atoms with Crippen molar-refractivity contribution in [1.82, 2.24) is 10.3 Å². The number of para-hydroxylation sites is 1. The number of rotatable bonds is 7. The Bertz CT molecular complexity index is 562. The molecule has 4 heteroatoms. The molecule has 0 fully saturated rings. The predicted octanol–water partition coefficient (Wildman–Crippen LogP) is 2.20. The number of nitrogens with one attached hydrogen (secondary N) is 2. The highest BCUT2D eigenvalue weighted by Gasteiger charge is 2.15. The van der Waals surface area contributed by atoms with E-state index < -0.39 is 0 Å². The summed E-state index contributed by atoms with van der Waals surface area (Å²) < 4.78 is 0. The Morgan fingerprint density at radius 1 is 1.40 bits per heavy atom. The van der Waals surface area contributed by atoms with E-state index in [1.165, 1.54) is 10.9 Å². The van der Waals surface area contributed by atoms with Crippen LogP contribution in [0.5, 0.6) is 0 Å². The Morgan fingerprint density at radius 2 is 2.20 bits per heavy atom. The fraction of sp³-hybridized carbons (Fsp3) is 0.438. The molecule has 1 aromatic carbocycles.